The molecule has 112 valence electrons. The maximum Gasteiger partial charge on any atom is 0.137 e. The van der Waals surface area contributed by atoms with Crippen LogP contribution in [0.2, 0.25) is 0 Å². The molecule has 0 amide bonds. The predicted octanol–water partition coefficient (Wildman–Crippen LogP) is 1.88. The van der Waals surface area contributed by atoms with Crippen LogP contribution in [0.1, 0.15) is 39.2 Å². The molecule has 2 rings (SSSR count). The van der Waals surface area contributed by atoms with E-state index in [0.717, 1.165) is 32.0 Å². The fourth-order valence-corrected chi connectivity index (χ4v) is 2.99. The third-order valence-electron chi connectivity index (χ3n) is 3.87. The molecule has 0 aliphatic carbocycles. The molecule has 3 nitrogen and oxygen atoms in total. The number of hydrogen-bond donors (Lipinski definition) is 1. The molecule has 1 N–H and O–H groups in total. The lowest BCUT2D eigenvalue weighted by molar-refractivity contribution is -0.915. The van der Waals surface area contributed by atoms with Crippen molar-refractivity contribution in [2.24, 2.45) is 0 Å². The largest absolute Gasteiger partial charge is 0.487 e. The zero-order valence-electron chi connectivity index (χ0n) is 13.2. The summed E-state index contributed by atoms with van der Waals surface area (Å²) in [7, 11) is 0. The first-order chi connectivity index (χ1) is 9.56. The Morgan fingerprint density at radius 2 is 1.85 bits per heavy atom. The normalized spacial score (nSPS) is 26.8. The SMILES string of the molecule is CC(C)c1ccccc1OCC[NH+]1C[C@@H](C)O[C@H](C)C1. The van der Waals surface area contributed by atoms with Gasteiger partial charge < -0.3 is 14.4 Å². The third kappa shape index (κ3) is 4.22. The first-order valence-electron chi connectivity index (χ1n) is 7.77. The highest BCUT2D eigenvalue weighted by Gasteiger charge is 2.25. The van der Waals surface area contributed by atoms with E-state index >= 15 is 0 Å². The van der Waals surface area contributed by atoms with Gasteiger partial charge in [-0.1, -0.05) is 32.0 Å². The highest BCUT2D eigenvalue weighted by molar-refractivity contribution is 5.35. The van der Waals surface area contributed by atoms with Crippen LogP contribution in [0.5, 0.6) is 5.75 Å². The second-order valence-corrected chi connectivity index (χ2v) is 6.21. The summed E-state index contributed by atoms with van der Waals surface area (Å²) >= 11 is 0. The topological polar surface area (TPSA) is 22.9 Å². The Morgan fingerprint density at radius 3 is 2.50 bits per heavy atom. The first-order valence-corrected chi connectivity index (χ1v) is 7.77. The number of benzene rings is 1. The van der Waals surface area contributed by atoms with E-state index in [2.05, 4.69) is 45.9 Å². The van der Waals surface area contributed by atoms with Crippen molar-refractivity contribution < 1.29 is 14.4 Å². The quantitative estimate of drug-likeness (QED) is 0.889. The Bertz CT molecular complexity index is 409. The van der Waals surface area contributed by atoms with Crippen LogP contribution in [0.4, 0.5) is 0 Å². The first kappa shape index (κ1) is 15.3. The number of quaternary nitrogens is 1. The Morgan fingerprint density at radius 1 is 1.20 bits per heavy atom. The molecule has 3 heteroatoms. The van der Waals surface area contributed by atoms with Crippen LogP contribution in [-0.2, 0) is 4.74 Å². The molecule has 0 bridgehead atoms. The molecule has 1 fully saturated rings. The van der Waals surface area contributed by atoms with E-state index < -0.39 is 0 Å². The number of para-hydroxylation sites is 1. The van der Waals surface area contributed by atoms with Gasteiger partial charge in [-0.15, -0.1) is 0 Å². The number of morpholine rings is 1. The van der Waals surface area contributed by atoms with E-state index in [0.29, 0.717) is 18.1 Å². The van der Waals surface area contributed by atoms with Crippen molar-refractivity contribution in [3.63, 3.8) is 0 Å². The van der Waals surface area contributed by atoms with Gasteiger partial charge in [-0.2, -0.15) is 0 Å². The summed E-state index contributed by atoms with van der Waals surface area (Å²) in [5.41, 5.74) is 1.30. The van der Waals surface area contributed by atoms with Crippen LogP contribution >= 0.6 is 0 Å². The van der Waals surface area contributed by atoms with Gasteiger partial charge in [-0.3, -0.25) is 0 Å². The monoisotopic (exact) mass is 278 g/mol. The van der Waals surface area contributed by atoms with Gasteiger partial charge in [0.1, 0.15) is 44.2 Å². The summed E-state index contributed by atoms with van der Waals surface area (Å²) in [5, 5.41) is 0. The van der Waals surface area contributed by atoms with Crippen molar-refractivity contribution in [1.82, 2.24) is 0 Å². The lowest BCUT2D eigenvalue weighted by atomic mass is 10.0. The number of rotatable bonds is 5. The second kappa shape index (κ2) is 7.09. The average Bonchev–Trinajstić information content (AvgIpc) is 2.38. The van der Waals surface area contributed by atoms with E-state index in [4.69, 9.17) is 9.47 Å². The molecule has 0 saturated carbocycles. The summed E-state index contributed by atoms with van der Waals surface area (Å²) in [6.45, 7) is 12.7. The number of nitrogens with one attached hydrogen (secondary N) is 1. The van der Waals surface area contributed by atoms with Crippen molar-refractivity contribution >= 4 is 0 Å². The fourth-order valence-electron chi connectivity index (χ4n) is 2.99. The van der Waals surface area contributed by atoms with Gasteiger partial charge in [0.25, 0.3) is 0 Å². The molecular formula is C17H28NO2+. The molecule has 0 radical (unpaired) electrons. The Labute approximate surface area is 122 Å². The Hall–Kier alpha value is -1.06. The highest BCUT2D eigenvalue weighted by atomic mass is 16.5. The van der Waals surface area contributed by atoms with E-state index in [1.54, 1.807) is 4.90 Å². The van der Waals surface area contributed by atoms with Gasteiger partial charge >= 0.3 is 0 Å². The molecule has 2 atom stereocenters. The smallest absolute Gasteiger partial charge is 0.137 e. The average molecular weight is 278 g/mol. The minimum atomic E-state index is 0.358. The summed E-state index contributed by atoms with van der Waals surface area (Å²) in [6.07, 6.45) is 0.716. The zero-order chi connectivity index (χ0) is 14.5. The maximum absolute atomic E-state index is 6.01. The summed E-state index contributed by atoms with van der Waals surface area (Å²) in [5.74, 6) is 1.54. The Balaban J connectivity index is 1.84. The number of ether oxygens (including phenoxy) is 2. The molecule has 1 aromatic rings. The van der Waals surface area contributed by atoms with Crippen molar-refractivity contribution in [1.29, 1.82) is 0 Å². The van der Waals surface area contributed by atoms with Crippen LogP contribution in [-0.4, -0.2) is 38.4 Å². The molecule has 20 heavy (non-hydrogen) atoms. The number of hydrogen-bond acceptors (Lipinski definition) is 2. The van der Waals surface area contributed by atoms with Gasteiger partial charge in [-0.05, 0) is 31.4 Å². The minimum absolute atomic E-state index is 0.358. The fraction of sp³-hybridized carbons (Fsp3) is 0.647. The van der Waals surface area contributed by atoms with Crippen LogP contribution in [0.25, 0.3) is 0 Å². The van der Waals surface area contributed by atoms with Gasteiger partial charge in [0, 0.05) is 0 Å². The summed E-state index contributed by atoms with van der Waals surface area (Å²) in [4.78, 5) is 1.58. The van der Waals surface area contributed by atoms with Crippen molar-refractivity contribution in [3.05, 3.63) is 29.8 Å². The molecule has 1 aliphatic heterocycles. The molecule has 0 spiro atoms. The minimum Gasteiger partial charge on any atom is -0.487 e. The van der Waals surface area contributed by atoms with E-state index in [1.807, 2.05) is 6.07 Å². The predicted molar refractivity (Wildman–Crippen MR) is 81.6 cm³/mol. The van der Waals surface area contributed by atoms with Gasteiger partial charge in [0.15, 0.2) is 0 Å². The van der Waals surface area contributed by atoms with Crippen LogP contribution < -0.4 is 9.64 Å². The van der Waals surface area contributed by atoms with E-state index in [-0.39, 0.29) is 0 Å². The van der Waals surface area contributed by atoms with Crippen molar-refractivity contribution in [2.75, 3.05) is 26.2 Å². The summed E-state index contributed by atoms with van der Waals surface area (Å²) < 4.78 is 11.8. The molecule has 1 aliphatic rings. The van der Waals surface area contributed by atoms with E-state index in [9.17, 15) is 0 Å². The second-order valence-electron chi connectivity index (χ2n) is 6.21. The van der Waals surface area contributed by atoms with Crippen LogP contribution in [0.15, 0.2) is 24.3 Å². The van der Waals surface area contributed by atoms with Crippen LogP contribution in [0, 0.1) is 0 Å². The summed E-state index contributed by atoms with van der Waals surface area (Å²) in [6, 6.07) is 8.37. The third-order valence-corrected chi connectivity index (χ3v) is 3.87. The molecule has 1 heterocycles. The molecule has 1 saturated heterocycles. The van der Waals surface area contributed by atoms with E-state index in [1.165, 1.54) is 5.56 Å². The van der Waals surface area contributed by atoms with Crippen molar-refractivity contribution in [2.45, 2.75) is 45.8 Å². The van der Waals surface area contributed by atoms with Crippen molar-refractivity contribution in [3.8, 4) is 5.75 Å². The standard InChI is InChI=1S/C17H27NO2/c1-13(2)16-7-5-6-8-17(16)19-10-9-18-11-14(3)20-15(4)12-18/h5-8,13-15H,9-12H2,1-4H3/p+1/t14-,15-/m1/s1. The molecular weight excluding hydrogens is 250 g/mol. The maximum atomic E-state index is 6.01. The highest BCUT2D eigenvalue weighted by Crippen LogP contribution is 2.25. The molecule has 1 aromatic carbocycles. The Kier molecular flexibility index (Phi) is 5.44. The lowest BCUT2D eigenvalue weighted by Gasteiger charge is -2.32. The zero-order valence-corrected chi connectivity index (χ0v) is 13.2. The van der Waals surface area contributed by atoms with Gasteiger partial charge in [0.2, 0.25) is 0 Å². The van der Waals surface area contributed by atoms with Crippen LogP contribution in [0.3, 0.4) is 0 Å². The lowest BCUT2D eigenvalue weighted by Crippen LogP contribution is -3.16. The van der Waals surface area contributed by atoms with Gasteiger partial charge in [0.05, 0.1) is 0 Å². The van der Waals surface area contributed by atoms with Gasteiger partial charge in [-0.25, -0.2) is 0 Å². The molecule has 0 unspecified atom stereocenters. The molecule has 0 aromatic heterocycles.